The lowest BCUT2D eigenvalue weighted by Crippen LogP contribution is -2.19. The Morgan fingerprint density at radius 3 is 3.12 bits per heavy atom. The average Bonchev–Trinajstić information content (AvgIpc) is 3.24. The molecule has 1 N–H and O–H groups in total. The molecule has 1 aromatic heterocycles. The molecule has 8 heteroatoms. The van der Waals surface area contributed by atoms with Crippen molar-refractivity contribution in [3.63, 3.8) is 0 Å². The number of hydrogen-bond acceptors (Lipinski definition) is 8. The number of rotatable bonds is 7. The van der Waals surface area contributed by atoms with E-state index in [1.165, 1.54) is 7.11 Å². The van der Waals surface area contributed by atoms with Gasteiger partial charge in [0.15, 0.2) is 6.04 Å². The van der Waals surface area contributed by atoms with Crippen LogP contribution in [0, 0.1) is 0 Å². The molecular weight excluding hydrogens is 346 g/mol. The normalized spacial score (nSPS) is 17.1. The SMILES string of the molecule is CNCCCOc1ccc2nc(C3=NC(C(=O)OC)CS3)sc2c1. The van der Waals surface area contributed by atoms with Crippen molar-refractivity contribution < 1.29 is 14.3 Å². The maximum absolute atomic E-state index is 11.6. The number of aromatic nitrogens is 1. The van der Waals surface area contributed by atoms with E-state index in [1.807, 2.05) is 25.2 Å². The van der Waals surface area contributed by atoms with Gasteiger partial charge < -0.3 is 14.8 Å². The molecule has 24 heavy (non-hydrogen) atoms. The summed E-state index contributed by atoms with van der Waals surface area (Å²) in [6, 6.07) is 5.48. The van der Waals surface area contributed by atoms with Gasteiger partial charge in [0.2, 0.25) is 0 Å². The predicted octanol–water partition coefficient (Wildman–Crippen LogP) is 2.32. The molecule has 0 saturated heterocycles. The second-order valence-corrected chi connectivity index (χ2v) is 7.28. The van der Waals surface area contributed by atoms with Gasteiger partial charge in [0.1, 0.15) is 15.8 Å². The molecule has 1 aliphatic heterocycles. The summed E-state index contributed by atoms with van der Waals surface area (Å²) in [7, 11) is 3.32. The van der Waals surface area contributed by atoms with Crippen molar-refractivity contribution in [2.75, 3.05) is 33.1 Å². The van der Waals surface area contributed by atoms with Crippen molar-refractivity contribution in [3.05, 3.63) is 23.2 Å². The first-order valence-corrected chi connectivity index (χ1v) is 9.48. The molecular formula is C16H19N3O3S2. The molecule has 1 atom stereocenters. The van der Waals surface area contributed by atoms with Crippen LogP contribution in [0.2, 0.25) is 0 Å². The van der Waals surface area contributed by atoms with Gasteiger partial charge in [0.25, 0.3) is 0 Å². The largest absolute Gasteiger partial charge is 0.493 e. The van der Waals surface area contributed by atoms with Gasteiger partial charge in [-0.1, -0.05) is 0 Å². The van der Waals surface area contributed by atoms with Gasteiger partial charge in [-0.3, -0.25) is 4.99 Å². The Kier molecular flexibility index (Phi) is 5.70. The van der Waals surface area contributed by atoms with Crippen LogP contribution in [-0.2, 0) is 9.53 Å². The summed E-state index contributed by atoms with van der Waals surface area (Å²) in [6.07, 6.45) is 0.963. The fourth-order valence-corrected chi connectivity index (χ4v) is 4.36. The Bertz CT molecular complexity index is 760. The van der Waals surface area contributed by atoms with Gasteiger partial charge in [0.05, 0.1) is 23.9 Å². The molecule has 1 aromatic carbocycles. The minimum atomic E-state index is -0.423. The zero-order valence-electron chi connectivity index (χ0n) is 13.6. The van der Waals surface area contributed by atoms with Crippen LogP contribution in [0.5, 0.6) is 5.75 Å². The molecule has 0 saturated carbocycles. The molecule has 2 heterocycles. The molecule has 0 spiro atoms. The van der Waals surface area contributed by atoms with Crippen LogP contribution in [0.15, 0.2) is 23.2 Å². The third-order valence-corrected chi connectivity index (χ3v) is 5.72. The number of aliphatic imine (C=N–C) groups is 1. The zero-order chi connectivity index (χ0) is 16.9. The fourth-order valence-electron chi connectivity index (χ4n) is 2.27. The van der Waals surface area contributed by atoms with E-state index < -0.39 is 6.04 Å². The number of fused-ring (bicyclic) bond motifs is 1. The van der Waals surface area contributed by atoms with E-state index in [0.717, 1.165) is 39.0 Å². The summed E-state index contributed by atoms with van der Waals surface area (Å²) in [5.41, 5.74) is 0.919. The first-order valence-electron chi connectivity index (χ1n) is 7.68. The summed E-state index contributed by atoms with van der Waals surface area (Å²) < 4.78 is 11.6. The number of thiazole rings is 1. The second kappa shape index (κ2) is 7.96. The summed E-state index contributed by atoms with van der Waals surface area (Å²) in [5.74, 6) is 1.16. The number of esters is 1. The highest BCUT2D eigenvalue weighted by Gasteiger charge is 2.27. The maximum atomic E-state index is 11.6. The Labute approximate surface area is 148 Å². The van der Waals surface area contributed by atoms with Crippen molar-refractivity contribution >= 4 is 44.3 Å². The van der Waals surface area contributed by atoms with Crippen LogP contribution in [0.4, 0.5) is 0 Å². The lowest BCUT2D eigenvalue weighted by molar-refractivity contribution is -0.141. The minimum absolute atomic E-state index is 0.295. The van der Waals surface area contributed by atoms with Crippen LogP contribution in [0.25, 0.3) is 10.2 Å². The molecule has 3 rings (SSSR count). The molecule has 2 aromatic rings. The van der Waals surface area contributed by atoms with Crippen LogP contribution in [0.1, 0.15) is 11.4 Å². The quantitative estimate of drug-likeness (QED) is 0.600. The lowest BCUT2D eigenvalue weighted by atomic mass is 10.3. The van der Waals surface area contributed by atoms with Crippen molar-refractivity contribution in [3.8, 4) is 5.75 Å². The van der Waals surface area contributed by atoms with Gasteiger partial charge in [-0.05, 0) is 38.2 Å². The molecule has 128 valence electrons. The zero-order valence-corrected chi connectivity index (χ0v) is 15.2. The van der Waals surface area contributed by atoms with Gasteiger partial charge in [-0.2, -0.15) is 0 Å². The smallest absolute Gasteiger partial charge is 0.331 e. The molecule has 1 unspecified atom stereocenters. The first-order chi connectivity index (χ1) is 11.7. The summed E-state index contributed by atoms with van der Waals surface area (Å²) >= 11 is 3.11. The summed E-state index contributed by atoms with van der Waals surface area (Å²) in [5, 5.41) is 4.75. The van der Waals surface area contributed by atoms with Crippen molar-refractivity contribution in [1.82, 2.24) is 10.3 Å². The number of carbonyl (C=O) groups excluding carboxylic acids is 1. The number of methoxy groups -OCH3 is 1. The minimum Gasteiger partial charge on any atom is -0.493 e. The lowest BCUT2D eigenvalue weighted by Gasteiger charge is -2.05. The second-order valence-electron chi connectivity index (χ2n) is 5.24. The fraction of sp³-hybridized carbons (Fsp3) is 0.438. The molecule has 0 radical (unpaired) electrons. The molecule has 0 fully saturated rings. The number of benzene rings is 1. The molecule has 1 aliphatic rings. The highest BCUT2D eigenvalue weighted by Crippen LogP contribution is 2.31. The highest BCUT2D eigenvalue weighted by atomic mass is 32.2. The van der Waals surface area contributed by atoms with E-state index in [9.17, 15) is 4.79 Å². The monoisotopic (exact) mass is 365 g/mol. The average molecular weight is 365 g/mol. The first kappa shape index (κ1) is 17.2. The van der Waals surface area contributed by atoms with Gasteiger partial charge in [-0.15, -0.1) is 23.1 Å². The number of hydrogen-bond donors (Lipinski definition) is 1. The molecule has 6 nitrogen and oxygen atoms in total. The van der Waals surface area contributed by atoms with Crippen molar-refractivity contribution in [1.29, 1.82) is 0 Å². The van der Waals surface area contributed by atoms with Crippen molar-refractivity contribution in [2.24, 2.45) is 4.99 Å². The summed E-state index contributed by atoms with van der Waals surface area (Å²) in [4.78, 5) is 20.6. The van der Waals surface area contributed by atoms with Gasteiger partial charge >= 0.3 is 5.97 Å². The Balaban J connectivity index is 1.73. The molecule has 0 bridgehead atoms. The van der Waals surface area contributed by atoms with E-state index in [1.54, 1.807) is 23.1 Å². The van der Waals surface area contributed by atoms with Crippen molar-refractivity contribution in [2.45, 2.75) is 12.5 Å². The third kappa shape index (κ3) is 3.88. The van der Waals surface area contributed by atoms with Gasteiger partial charge in [-0.25, -0.2) is 9.78 Å². The topological polar surface area (TPSA) is 72.8 Å². The number of ether oxygens (including phenoxy) is 2. The number of thioether (sulfide) groups is 1. The maximum Gasteiger partial charge on any atom is 0.331 e. The Morgan fingerprint density at radius 2 is 2.33 bits per heavy atom. The van der Waals surface area contributed by atoms with E-state index in [0.29, 0.717) is 12.4 Å². The standard InChI is InChI=1S/C16H19N3O3S2/c1-17-6-3-7-22-10-4-5-11-13(8-10)24-15(18-11)14-19-12(9-23-14)16(20)21-2/h4-5,8,12,17H,3,6-7,9H2,1-2H3. The van der Waals surface area contributed by atoms with Crippen LogP contribution in [-0.4, -0.2) is 55.1 Å². The highest BCUT2D eigenvalue weighted by molar-refractivity contribution is 8.15. The van der Waals surface area contributed by atoms with E-state index in [4.69, 9.17) is 9.47 Å². The Hall–Kier alpha value is -1.64. The number of carbonyl (C=O) groups is 1. The summed E-state index contributed by atoms with van der Waals surface area (Å²) in [6.45, 7) is 1.62. The Morgan fingerprint density at radius 1 is 1.46 bits per heavy atom. The van der Waals surface area contributed by atoms with E-state index >= 15 is 0 Å². The van der Waals surface area contributed by atoms with Crippen LogP contribution < -0.4 is 10.1 Å². The number of nitrogens with zero attached hydrogens (tertiary/aromatic N) is 2. The third-order valence-electron chi connectivity index (χ3n) is 3.51. The molecule has 0 aliphatic carbocycles. The number of nitrogens with one attached hydrogen (secondary N) is 1. The van der Waals surface area contributed by atoms with Crippen LogP contribution in [0.3, 0.4) is 0 Å². The van der Waals surface area contributed by atoms with Crippen LogP contribution >= 0.6 is 23.1 Å². The van der Waals surface area contributed by atoms with E-state index in [2.05, 4.69) is 15.3 Å². The molecule has 0 amide bonds. The van der Waals surface area contributed by atoms with E-state index in [-0.39, 0.29) is 5.97 Å². The predicted molar refractivity (Wildman–Crippen MR) is 98.5 cm³/mol. The van der Waals surface area contributed by atoms with Gasteiger partial charge in [0, 0.05) is 5.75 Å².